The van der Waals surface area contributed by atoms with Crippen LogP contribution < -0.4 is 15.4 Å². The molecule has 0 radical (unpaired) electrons. The van der Waals surface area contributed by atoms with E-state index >= 15 is 0 Å². The standard InChI is InChI=1S/C18H21FN2O2/c1-13(2)23-17-9-8-15(10-16(17)19)12-21-18(22)20-11-14-6-4-3-5-7-14/h3-10,13H,11-12H2,1-2H3,(H2,20,21,22). The van der Waals surface area contributed by atoms with Crippen molar-refractivity contribution in [2.24, 2.45) is 0 Å². The van der Waals surface area contributed by atoms with Crippen molar-refractivity contribution in [3.05, 3.63) is 65.5 Å². The van der Waals surface area contributed by atoms with E-state index in [1.54, 1.807) is 12.1 Å². The predicted molar refractivity (Wildman–Crippen MR) is 87.7 cm³/mol. The number of halogens is 1. The Morgan fingerprint density at radius 3 is 2.30 bits per heavy atom. The summed E-state index contributed by atoms with van der Waals surface area (Å²) in [5, 5.41) is 5.45. The monoisotopic (exact) mass is 316 g/mol. The Balaban J connectivity index is 1.81. The first-order chi connectivity index (χ1) is 11.0. The maximum atomic E-state index is 13.9. The van der Waals surface area contributed by atoms with Crippen molar-refractivity contribution in [3.8, 4) is 5.75 Å². The summed E-state index contributed by atoms with van der Waals surface area (Å²) in [5.74, 6) is -0.208. The predicted octanol–water partition coefficient (Wildman–Crippen LogP) is 3.61. The zero-order valence-electron chi connectivity index (χ0n) is 13.3. The van der Waals surface area contributed by atoms with Crippen LogP contribution in [0.5, 0.6) is 5.75 Å². The van der Waals surface area contributed by atoms with Crippen molar-refractivity contribution in [2.45, 2.75) is 33.0 Å². The molecule has 0 aromatic heterocycles. The molecule has 0 saturated heterocycles. The summed E-state index contributed by atoms with van der Waals surface area (Å²) in [6, 6.07) is 14.0. The number of benzene rings is 2. The van der Waals surface area contributed by atoms with Gasteiger partial charge < -0.3 is 15.4 Å². The fourth-order valence-electron chi connectivity index (χ4n) is 2.03. The first kappa shape index (κ1) is 16.8. The van der Waals surface area contributed by atoms with Gasteiger partial charge in [0.05, 0.1) is 6.10 Å². The molecule has 23 heavy (non-hydrogen) atoms. The summed E-state index contributed by atoms with van der Waals surface area (Å²) in [4.78, 5) is 11.7. The molecular formula is C18H21FN2O2. The Morgan fingerprint density at radius 2 is 1.70 bits per heavy atom. The average Bonchev–Trinajstić information content (AvgIpc) is 2.54. The Bertz CT molecular complexity index is 645. The van der Waals surface area contributed by atoms with Crippen LogP contribution in [0.15, 0.2) is 48.5 Å². The lowest BCUT2D eigenvalue weighted by Crippen LogP contribution is -2.34. The van der Waals surface area contributed by atoms with Crippen molar-refractivity contribution in [1.82, 2.24) is 10.6 Å². The Labute approximate surface area is 135 Å². The first-order valence-electron chi connectivity index (χ1n) is 7.55. The largest absolute Gasteiger partial charge is 0.488 e. The van der Waals surface area contributed by atoms with Crippen molar-refractivity contribution in [2.75, 3.05) is 0 Å². The second-order valence-electron chi connectivity index (χ2n) is 5.45. The highest BCUT2D eigenvalue weighted by molar-refractivity contribution is 5.73. The Morgan fingerprint density at radius 1 is 1.04 bits per heavy atom. The minimum absolute atomic E-state index is 0.0859. The maximum absolute atomic E-state index is 13.9. The van der Waals surface area contributed by atoms with Gasteiger partial charge in [0.2, 0.25) is 0 Å². The highest BCUT2D eigenvalue weighted by atomic mass is 19.1. The van der Waals surface area contributed by atoms with Crippen LogP contribution in [-0.2, 0) is 13.1 Å². The molecule has 0 aliphatic heterocycles. The smallest absolute Gasteiger partial charge is 0.315 e. The van der Waals surface area contributed by atoms with Crippen molar-refractivity contribution in [3.63, 3.8) is 0 Å². The number of hydrogen-bond donors (Lipinski definition) is 2. The third-order valence-electron chi connectivity index (χ3n) is 3.11. The normalized spacial score (nSPS) is 10.4. The van der Waals surface area contributed by atoms with Crippen LogP contribution in [0.1, 0.15) is 25.0 Å². The summed E-state index contributed by atoms with van der Waals surface area (Å²) in [7, 11) is 0. The van der Waals surface area contributed by atoms with E-state index in [1.807, 2.05) is 44.2 Å². The fourth-order valence-corrected chi connectivity index (χ4v) is 2.03. The van der Waals surface area contributed by atoms with Gasteiger partial charge in [0.15, 0.2) is 11.6 Å². The number of nitrogens with one attached hydrogen (secondary N) is 2. The fraction of sp³-hybridized carbons (Fsp3) is 0.278. The van der Waals surface area contributed by atoms with E-state index in [0.29, 0.717) is 12.1 Å². The topological polar surface area (TPSA) is 50.4 Å². The summed E-state index contributed by atoms with van der Waals surface area (Å²) in [6.45, 7) is 4.37. The van der Waals surface area contributed by atoms with E-state index in [1.165, 1.54) is 6.07 Å². The third-order valence-corrected chi connectivity index (χ3v) is 3.11. The molecule has 0 unspecified atom stereocenters. The minimum atomic E-state index is -0.428. The summed E-state index contributed by atoms with van der Waals surface area (Å²) in [6.07, 6.45) is -0.0859. The van der Waals surface area contributed by atoms with Gasteiger partial charge in [-0.2, -0.15) is 0 Å². The van der Waals surface area contributed by atoms with Crippen LogP contribution in [0.3, 0.4) is 0 Å². The molecule has 0 aliphatic rings. The van der Waals surface area contributed by atoms with Gasteiger partial charge in [0.25, 0.3) is 0 Å². The number of amides is 2. The number of ether oxygens (including phenoxy) is 1. The molecule has 0 saturated carbocycles. The van der Waals surface area contributed by atoms with Gasteiger partial charge in [-0.25, -0.2) is 9.18 Å². The number of urea groups is 1. The van der Waals surface area contributed by atoms with E-state index in [-0.39, 0.29) is 24.4 Å². The van der Waals surface area contributed by atoms with E-state index in [0.717, 1.165) is 5.56 Å². The molecule has 0 spiro atoms. The van der Waals surface area contributed by atoms with Gasteiger partial charge in [-0.15, -0.1) is 0 Å². The van der Waals surface area contributed by atoms with Crippen LogP contribution in [0.4, 0.5) is 9.18 Å². The first-order valence-corrected chi connectivity index (χ1v) is 7.55. The molecule has 0 aliphatic carbocycles. The molecule has 122 valence electrons. The molecule has 5 heteroatoms. The van der Waals surface area contributed by atoms with E-state index < -0.39 is 5.82 Å². The quantitative estimate of drug-likeness (QED) is 0.855. The molecule has 0 bridgehead atoms. The molecular weight excluding hydrogens is 295 g/mol. The Kier molecular flexibility index (Phi) is 5.97. The van der Waals surface area contributed by atoms with Gasteiger partial charge in [0.1, 0.15) is 0 Å². The van der Waals surface area contributed by atoms with Crippen LogP contribution in [0, 0.1) is 5.82 Å². The van der Waals surface area contributed by atoms with E-state index in [4.69, 9.17) is 4.74 Å². The molecule has 2 rings (SSSR count). The lowest BCUT2D eigenvalue weighted by atomic mass is 10.2. The lowest BCUT2D eigenvalue weighted by molar-refractivity contribution is 0.231. The molecule has 2 amide bonds. The molecule has 2 aromatic carbocycles. The van der Waals surface area contributed by atoms with Gasteiger partial charge in [-0.3, -0.25) is 0 Å². The van der Waals surface area contributed by atoms with Gasteiger partial charge in [0, 0.05) is 13.1 Å². The van der Waals surface area contributed by atoms with Gasteiger partial charge >= 0.3 is 6.03 Å². The lowest BCUT2D eigenvalue weighted by Gasteiger charge is -2.12. The molecule has 0 heterocycles. The molecule has 2 N–H and O–H groups in total. The van der Waals surface area contributed by atoms with Crippen LogP contribution in [-0.4, -0.2) is 12.1 Å². The molecule has 2 aromatic rings. The third kappa shape index (κ3) is 5.62. The van der Waals surface area contributed by atoms with E-state index in [9.17, 15) is 9.18 Å². The van der Waals surface area contributed by atoms with Gasteiger partial charge in [-0.1, -0.05) is 36.4 Å². The van der Waals surface area contributed by atoms with Crippen LogP contribution in [0.25, 0.3) is 0 Å². The SMILES string of the molecule is CC(C)Oc1ccc(CNC(=O)NCc2ccccc2)cc1F. The molecule has 0 fully saturated rings. The zero-order valence-corrected chi connectivity index (χ0v) is 13.3. The maximum Gasteiger partial charge on any atom is 0.315 e. The van der Waals surface area contributed by atoms with Crippen molar-refractivity contribution < 1.29 is 13.9 Å². The highest BCUT2D eigenvalue weighted by Crippen LogP contribution is 2.19. The van der Waals surface area contributed by atoms with Crippen molar-refractivity contribution in [1.29, 1.82) is 0 Å². The highest BCUT2D eigenvalue weighted by Gasteiger charge is 2.07. The molecule has 4 nitrogen and oxygen atoms in total. The van der Waals surface area contributed by atoms with Gasteiger partial charge in [-0.05, 0) is 37.1 Å². The van der Waals surface area contributed by atoms with E-state index in [2.05, 4.69) is 10.6 Å². The van der Waals surface area contributed by atoms with Crippen LogP contribution >= 0.6 is 0 Å². The summed E-state index contributed by atoms with van der Waals surface area (Å²) < 4.78 is 19.2. The second kappa shape index (κ2) is 8.17. The number of carbonyl (C=O) groups excluding carboxylic acids is 1. The summed E-state index contributed by atoms with van der Waals surface area (Å²) >= 11 is 0. The van der Waals surface area contributed by atoms with Crippen molar-refractivity contribution >= 4 is 6.03 Å². The second-order valence-corrected chi connectivity index (χ2v) is 5.45. The summed E-state index contributed by atoms with van der Waals surface area (Å²) in [5.41, 5.74) is 1.69. The number of rotatable bonds is 6. The minimum Gasteiger partial charge on any atom is -0.488 e. The average molecular weight is 316 g/mol. The molecule has 0 atom stereocenters. The Hall–Kier alpha value is -2.56. The number of hydrogen-bond acceptors (Lipinski definition) is 2. The number of carbonyl (C=O) groups is 1. The van der Waals surface area contributed by atoms with Crippen LogP contribution in [0.2, 0.25) is 0 Å². The zero-order chi connectivity index (χ0) is 16.7.